The topological polar surface area (TPSA) is 135 Å². The van der Waals surface area contributed by atoms with Gasteiger partial charge in [-0.05, 0) is 23.0 Å². The molecule has 30 heavy (non-hydrogen) atoms. The van der Waals surface area contributed by atoms with E-state index in [-0.39, 0.29) is 25.0 Å². The Morgan fingerprint density at radius 3 is 2.13 bits per heavy atom. The van der Waals surface area contributed by atoms with Crippen LogP contribution in [0, 0.1) is 0 Å². The van der Waals surface area contributed by atoms with Crippen molar-refractivity contribution in [2.75, 3.05) is 19.8 Å². The maximum absolute atomic E-state index is 12.2. The molecule has 1 aliphatic rings. The molecule has 1 fully saturated rings. The molecule has 0 amide bonds. The number of rotatable bonds is 8. The first-order chi connectivity index (χ1) is 14.2. The van der Waals surface area contributed by atoms with Gasteiger partial charge in [0.25, 0.3) is 0 Å². The summed E-state index contributed by atoms with van der Waals surface area (Å²) in [4.78, 5) is 12.2. The summed E-state index contributed by atoms with van der Waals surface area (Å²) in [6, 6.07) is 5.74. The van der Waals surface area contributed by atoms with Crippen molar-refractivity contribution < 1.29 is 44.2 Å². The second kappa shape index (κ2) is 11.0. The van der Waals surface area contributed by atoms with Crippen LogP contribution in [-0.4, -0.2) is 77.1 Å². The summed E-state index contributed by atoms with van der Waals surface area (Å²) in [6.07, 6.45) is -7.75. The number of ether oxygens (including phenoxy) is 4. The Labute approximate surface area is 176 Å². The van der Waals surface area contributed by atoms with Crippen LogP contribution in [0.2, 0.25) is 0 Å². The van der Waals surface area contributed by atoms with Crippen LogP contribution in [0.1, 0.15) is 50.7 Å². The summed E-state index contributed by atoms with van der Waals surface area (Å²) in [5, 5.41) is 38.6. The summed E-state index contributed by atoms with van der Waals surface area (Å²) < 4.78 is 21.0. The minimum absolute atomic E-state index is 0.152. The van der Waals surface area contributed by atoms with E-state index < -0.39 is 43.5 Å². The molecular weight excluding hydrogens is 396 g/mol. The highest BCUT2D eigenvalue weighted by Gasteiger charge is 2.43. The van der Waals surface area contributed by atoms with Crippen molar-refractivity contribution in [3.05, 3.63) is 29.3 Å². The van der Waals surface area contributed by atoms with Crippen LogP contribution in [0.3, 0.4) is 0 Å². The van der Waals surface area contributed by atoms with Crippen LogP contribution in [0.5, 0.6) is 5.75 Å². The smallest absolute Gasteiger partial charge is 0.432 e. The highest BCUT2D eigenvalue weighted by Crippen LogP contribution is 2.34. The zero-order valence-electron chi connectivity index (χ0n) is 17.7. The molecule has 1 aromatic rings. The van der Waals surface area contributed by atoms with E-state index >= 15 is 0 Å². The number of carbonyl (C=O) groups is 1. The third-order valence-corrected chi connectivity index (χ3v) is 4.94. The van der Waals surface area contributed by atoms with E-state index in [1.807, 2.05) is 45.9 Å². The predicted molar refractivity (Wildman–Crippen MR) is 106 cm³/mol. The molecule has 0 saturated carbocycles. The molecule has 0 unspecified atom stereocenters. The number of aliphatic hydroxyl groups excluding tert-OH is 4. The highest BCUT2D eigenvalue weighted by atomic mass is 16.7. The molecule has 2 rings (SSSR count). The van der Waals surface area contributed by atoms with E-state index in [1.54, 1.807) is 0 Å². The summed E-state index contributed by atoms with van der Waals surface area (Å²) in [5.74, 6) is 0.796. The lowest BCUT2D eigenvalue weighted by Gasteiger charge is -2.39. The lowest BCUT2D eigenvalue weighted by molar-refractivity contribution is -0.302. The second-order valence-electron chi connectivity index (χ2n) is 7.84. The van der Waals surface area contributed by atoms with Crippen LogP contribution in [-0.2, 0) is 14.2 Å². The fourth-order valence-corrected chi connectivity index (χ4v) is 3.21. The van der Waals surface area contributed by atoms with Crippen LogP contribution in [0.15, 0.2) is 18.2 Å². The Balaban J connectivity index is 1.89. The zero-order valence-corrected chi connectivity index (χ0v) is 17.7. The zero-order chi connectivity index (χ0) is 22.4. The number of hydrogen-bond donors (Lipinski definition) is 4. The van der Waals surface area contributed by atoms with Crippen molar-refractivity contribution in [3.63, 3.8) is 0 Å². The van der Waals surface area contributed by atoms with Crippen molar-refractivity contribution >= 4 is 6.16 Å². The van der Waals surface area contributed by atoms with Gasteiger partial charge in [0.15, 0.2) is 6.29 Å². The SMILES string of the molecule is CC(C)c1cccc(C(C)C)c1OC(=O)OCCO[C@@H]1O[C@H](CO)[C@@H](O)[C@H](O)[C@H]1O. The average Bonchev–Trinajstić information content (AvgIpc) is 2.70. The van der Waals surface area contributed by atoms with Crippen LogP contribution in [0.4, 0.5) is 4.79 Å². The van der Waals surface area contributed by atoms with E-state index in [0.717, 1.165) is 11.1 Å². The number of hydrogen-bond acceptors (Lipinski definition) is 9. The molecule has 0 radical (unpaired) electrons. The standard InChI is InChI=1S/C21H32O9/c1-11(2)13-6-5-7-14(12(3)4)19(13)30-21(26)28-9-8-27-20-18(25)17(24)16(23)15(10-22)29-20/h5-7,11-12,15-18,20,22-25H,8-10H2,1-4H3/t15-,16-,17+,18-,20-/m1/s1. The van der Waals surface area contributed by atoms with Gasteiger partial charge in [0, 0.05) is 0 Å². The maximum Gasteiger partial charge on any atom is 0.513 e. The highest BCUT2D eigenvalue weighted by molar-refractivity contribution is 5.66. The molecule has 0 bridgehead atoms. The summed E-state index contributed by atoms with van der Waals surface area (Å²) in [6.45, 7) is 7.13. The average molecular weight is 428 g/mol. The first kappa shape index (κ1) is 24.5. The monoisotopic (exact) mass is 428 g/mol. The third kappa shape index (κ3) is 5.90. The van der Waals surface area contributed by atoms with Gasteiger partial charge in [-0.1, -0.05) is 45.9 Å². The van der Waals surface area contributed by atoms with Gasteiger partial charge in [0.1, 0.15) is 36.8 Å². The van der Waals surface area contributed by atoms with Gasteiger partial charge in [0.2, 0.25) is 0 Å². The summed E-state index contributed by atoms with van der Waals surface area (Å²) in [5.41, 5.74) is 1.80. The largest absolute Gasteiger partial charge is 0.513 e. The lowest BCUT2D eigenvalue weighted by atomic mass is 9.94. The van der Waals surface area contributed by atoms with Gasteiger partial charge in [-0.2, -0.15) is 0 Å². The minimum atomic E-state index is -1.53. The molecule has 1 heterocycles. The minimum Gasteiger partial charge on any atom is -0.432 e. The van der Waals surface area contributed by atoms with E-state index in [2.05, 4.69) is 0 Å². The molecular formula is C21H32O9. The van der Waals surface area contributed by atoms with Gasteiger partial charge in [-0.3, -0.25) is 0 Å². The predicted octanol–water partition coefficient (Wildman–Crippen LogP) is 1.27. The van der Waals surface area contributed by atoms with Gasteiger partial charge in [0.05, 0.1) is 13.2 Å². The third-order valence-electron chi connectivity index (χ3n) is 4.94. The Morgan fingerprint density at radius 1 is 1.00 bits per heavy atom. The second-order valence-corrected chi connectivity index (χ2v) is 7.84. The van der Waals surface area contributed by atoms with Crippen molar-refractivity contribution in [3.8, 4) is 5.75 Å². The fraction of sp³-hybridized carbons (Fsp3) is 0.667. The first-order valence-electron chi connectivity index (χ1n) is 10.1. The number of para-hydroxylation sites is 1. The lowest BCUT2D eigenvalue weighted by Crippen LogP contribution is -2.59. The van der Waals surface area contributed by atoms with Crippen molar-refractivity contribution in [1.82, 2.24) is 0 Å². The molecule has 4 N–H and O–H groups in total. The quantitative estimate of drug-likeness (QED) is 0.274. The Kier molecular flexibility index (Phi) is 9.02. The molecule has 9 nitrogen and oxygen atoms in total. The van der Waals surface area contributed by atoms with E-state index in [0.29, 0.717) is 5.75 Å². The number of carbonyl (C=O) groups excluding carboxylic acids is 1. The maximum atomic E-state index is 12.2. The molecule has 0 aliphatic carbocycles. The number of benzene rings is 1. The number of aliphatic hydroxyl groups is 4. The van der Waals surface area contributed by atoms with Crippen LogP contribution >= 0.6 is 0 Å². The van der Waals surface area contributed by atoms with Crippen molar-refractivity contribution in [2.45, 2.75) is 70.2 Å². The molecule has 5 atom stereocenters. The van der Waals surface area contributed by atoms with E-state index in [4.69, 9.17) is 18.9 Å². The van der Waals surface area contributed by atoms with Gasteiger partial charge < -0.3 is 39.4 Å². The summed E-state index contributed by atoms with van der Waals surface area (Å²) >= 11 is 0. The van der Waals surface area contributed by atoms with E-state index in [9.17, 15) is 25.2 Å². The fourth-order valence-electron chi connectivity index (χ4n) is 3.21. The Bertz CT molecular complexity index is 663. The van der Waals surface area contributed by atoms with Crippen LogP contribution < -0.4 is 4.74 Å². The van der Waals surface area contributed by atoms with Gasteiger partial charge in [-0.25, -0.2) is 4.79 Å². The molecule has 1 saturated heterocycles. The summed E-state index contributed by atoms with van der Waals surface area (Å²) in [7, 11) is 0. The van der Waals surface area contributed by atoms with Crippen LogP contribution in [0.25, 0.3) is 0 Å². The Morgan fingerprint density at radius 2 is 1.60 bits per heavy atom. The van der Waals surface area contributed by atoms with Gasteiger partial charge in [-0.15, -0.1) is 0 Å². The van der Waals surface area contributed by atoms with E-state index in [1.165, 1.54) is 0 Å². The first-order valence-corrected chi connectivity index (χ1v) is 10.1. The Hall–Kier alpha value is -1.75. The molecule has 1 aliphatic heterocycles. The molecule has 0 spiro atoms. The molecule has 9 heteroatoms. The normalized spacial score (nSPS) is 26.8. The molecule has 170 valence electrons. The molecule has 0 aromatic heterocycles. The van der Waals surface area contributed by atoms with Gasteiger partial charge >= 0.3 is 6.16 Å². The molecule has 1 aromatic carbocycles. The van der Waals surface area contributed by atoms with Crippen molar-refractivity contribution in [2.24, 2.45) is 0 Å². The van der Waals surface area contributed by atoms with Crippen molar-refractivity contribution in [1.29, 1.82) is 0 Å².